The van der Waals surface area contributed by atoms with Crippen molar-refractivity contribution in [3.8, 4) is 0 Å². The molecule has 2 aromatic rings. The maximum Gasteiger partial charge on any atom is 0.253 e. The van der Waals surface area contributed by atoms with Crippen molar-refractivity contribution in [3.05, 3.63) is 59.2 Å². The van der Waals surface area contributed by atoms with Crippen molar-refractivity contribution in [1.82, 2.24) is 4.90 Å². The first kappa shape index (κ1) is 17.3. The molecule has 25 heavy (non-hydrogen) atoms. The van der Waals surface area contributed by atoms with E-state index in [2.05, 4.69) is 47.9 Å². The highest BCUT2D eigenvalue weighted by atomic mass is 16.2. The van der Waals surface area contributed by atoms with Crippen molar-refractivity contribution >= 4 is 17.3 Å². The summed E-state index contributed by atoms with van der Waals surface area (Å²) in [5, 5.41) is 0. The maximum atomic E-state index is 12.7. The number of hydrogen-bond donors (Lipinski definition) is 0. The van der Waals surface area contributed by atoms with Gasteiger partial charge in [0.25, 0.3) is 5.91 Å². The van der Waals surface area contributed by atoms with E-state index in [0.29, 0.717) is 0 Å². The lowest BCUT2D eigenvalue weighted by Crippen LogP contribution is -2.48. The van der Waals surface area contributed by atoms with Gasteiger partial charge in [0.2, 0.25) is 0 Å². The topological polar surface area (TPSA) is 26.8 Å². The van der Waals surface area contributed by atoms with Crippen molar-refractivity contribution in [2.45, 2.75) is 13.8 Å². The van der Waals surface area contributed by atoms with Crippen LogP contribution in [0.3, 0.4) is 0 Å². The van der Waals surface area contributed by atoms with Crippen LogP contribution in [0.5, 0.6) is 0 Å². The first-order valence-corrected chi connectivity index (χ1v) is 8.84. The number of aryl methyl sites for hydroxylation is 2. The summed E-state index contributed by atoms with van der Waals surface area (Å²) in [6, 6.07) is 14.6. The normalized spacial score (nSPS) is 14.6. The molecule has 3 rings (SSSR count). The zero-order chi connectivity index (χ0) is 18.0. The fraction of sp³-hybridized carbons (Fsp3) is 0.381. The number of piperazine rings is 1. The largest absolute Gasteiger partial charge is 0.378 e. The smallest absolute Gasteiger partial charge is 0.253 e. The van der Waals surface area contributed by atoms with Gasteiger partial charge < -0.3 is 14.7 Å². The van der Waals surface area contributed by atoms with E-state index < -0.39 is 0 Å². The number of rotatable bonds is 3. The Bertz CT molecular complexity index is 744. The number of carbonyl (C=O) groups excluding carboxylic acids is 1. The summed E-state index contributed by atoms with van der Waals surface area (Å²) in [7, 11) is 4.10. The zero-order valence-corrected chi connectivity index (χ0v) is 15.6. The predicted octanol–water partition coefficient (Wildman–Crippen LogP) is 3.33. The van der Waals surface area contributed by atoms with Gasteiger partial charge in [-0.3, -0.25) is 4.79 Å². The van der Waals surface area contributed by atoms with Crippen LogP contribution in [0.15, 0.2) is 42.5 Å². The molecule has 1 aliphatic rings. The van der Waals surface area contributed by atoms with E-state index in [1.807, 2.05) is 37.2 Å². The molecule has 0 atom stereocenters. The SMILES string of the molecule is Cc1ccc(C(=O)N2CCN(c3ccc(N(C)C)cc3)CC2)cc1C. The molecular formula is C21H27N3O. The Balaban J connectivity index is 1.63. The van der Waals surface area contributed by atoms with Crippen LogP contribution in [-0.4, -0.2) is 51.1 Å². The predicted molar refractivity (Wildman–Crippen MR) is 105 cm³/mol. The van der Waals surface area contributed by atoms with E-state index in [4.69, 9.17) is 0 Å². The molecule has 0 saturated carbocycles. The minimum Gasteiger partial charge on any atom is -0.378 e. The summed E-state index contributed by atoms with van der Waals surface area (Å²) in [6.07, 6.45) is 0. The van der Waals surface area contributed by atoms with Gasteiger partial charge in [-0.05, 0) is 61.4 Å². The lowest BCUT2D eigenvalue weighted by molar-refractivity contribution is 0.0746. The van der Waals surface area contributed by atoms with Gasteiger partial charge in [0, 0.05) is 57.2 Å². The van der Waals surface area contributed by atoms with Crippen LogP contribution in [0.1, 0.15) is 21.5 Å². The highest BCUT2D eigenvalue weighted by molar-refractivity contribution is 5.94. The molecule has 0 unspecified atom stereocenters. The Kier molecular flexibility index (Phi) is 4.98. The van der Waals surface area contributed by atoms with Crippen LogP contribution in [0.2, 0.25) is 0 Å². The third-order valence-corrected chi connectivity index (χ3v) is 5.05. The molecule has 4 heteroatoms. The number of amides is 1. The molecule has 1 fully saturated rings. The van der Waals surface area contributed by atoms with Crippen LogP contribution in [0.4, 0.5) is 11.4 Å². The minimum atomic E-state index is 0.144. The molecular weight excluding hydrogens is 310 g/mol. The van der Waals surface area contributed by atoms with Crippen molar-refractivity contribution in [2.75, 3.05) is 50.1 Å². The molecule has 1 saturated heterocycles. The van der Waals surface area contributed by atoms with E-state index >= 15 is 0 Å². The highest BCUT2D eigenvalue weighted by Crippen LogP contribution is 2.21. The first-order valence-electron chi connectivity index (χ1n) is 8.84. The monoisotopic (exact) mass is 337 g/mol. The fourth-order valence-electron chi connectivity index (χ4n) is 3.19. The Morgan fingerprint density at radius 3 is 2.08 bits per heavy atom. The summed E-state index contributed by atoms with van der Waals surface area (Å²) >= 11 is 0. The van der Waals surface area contributed by atoms with Crippen molar-refractivity contribution in [2.24, 2.45) is 0 Å². The second kappa shape index (κ2) is 7.18. The highest BCUT2D eigenvalue weighted by Gasteiger charge is 2.22. The number of carbonyl (C=O) groups is 1. The summed E-state index contributed by atoms with van der Waals surface area (Å²) in [6.45, 7) is 7.41. The molecule has 132 valence electrons. The summed E-state index contributed by atoms with van der Waals surface area (Å²) in [5.41, 5.74) is 5.62. The Morgan fingerprint density at radius 2 is 1.52 bits per heavy atom. The van der Waals surface area contributed by atoms with E-state index in [1.54, 1.807) is 0 Å². The van der Waals surface area contributed by atoms with Crippen molar-refractivity contribution < 1.29 is 4.79 Å². The molecule has 0 aromatic heterocycles. The van der Waals surface area contributed by atoms with Gasteiger partial charge in [0.1, 0.15) is 0 Å². The second-order valence-corrected chi connectivity index (χ2v) is 6.99. The average Bonchev–Trinajstić information content (AvgIpc) is 2.63. The summed E-state index contributed by atoms with van der Waals surface area (Å²) in [4.78, 5) is 19.1. The zero-order valence-electron chi connectivity index (χ0n) is 15.6. The van der Waals surface area contributed by atoms with Crippen LogP contribution in [0.25, 0.3) is 0 Å². The van der Waals surface area contributed by atoms with Crippen molar-refractivity contribution in [1.29, 1.82) is 0 Å². The van der Waals surface area contributed by atoms with Gasteiger partial charge in [-0.1, -0.05) is 6.07 Å². The molecule has 0 N–H and O–H groups in total. The number of hydrogen-bond acceptors (Lipinski definition) is 3. The van der Waals surface area contributed by atoms with Gasteiger partial charge in [-0.25, -0.2) is 0 Å². The molecule has 4 nitrogen and oxygen atoms in total. The third-order valence-electron chi connectivity index (χ3n) is 5.05. The Labute approximate surface area is 150 Å². The molecule has 0 aliphatic carbocycles. The fourth-order valence-corrected chi connectivity index (χ4v) is 3.19. The summed E-state index contributed by atoms with van der Waals surface area (Å²) in [5.74, 6) is 0.144. The van der Waals surface area contributed by atoms with E-state index in [0.717, 1.165) is 31.7 Å². The quantitative estimate of drug-likeness (QED) is 0.859. The third kappa shape index (κ3) is 3.78. The van der Waals surface area contributed by atoms with Crippen LogP contribution < -0.4 is 9.80 Å². The lowest BCUT2D eigenvalue weighted by atomic mass is 10.1. The molecule has 0 bridgehead atoms. The van der Waals surface area contributed by atoms with E-state index in [1.165, 1.54) is 22.5 Å². The molecule has 1 heterocycles. The maximum absolute atomic E-state index is 12.7. The van der Waals surface area contributed by atoms with Crippen molar-refractivity contribution in [3.63, 3.8) is 0 Å². The second-order valence-electron chi connectivity index (χ2n) is 6.99. The van der Waals surface area contributed by atoms with Gasteiger partial charge in [0.15, 0.2) is 0 Å². The average molecular weight is 337 g/mol. The van der Waals surface area contributed by atoms with Gasteiger partial charge >= 0.3 is 0 Å². The molecule has 1 aliphatic heterocycles. The van der Waals surface area contributed by atoms with Crippen LogP contribution in [0, 0.1) is 13.8 Å². The Morgan fingerprint density at radius 1 is 0.880 bits per heavy atom. The van der Waals surface area contributed by atoms with Crippen LogP contribution >= 0.6 is 0 Å². The number of nitrogens with zero attached hydrogens (tertiary/aromatic N) is 3. The van der Waals surface area contributed by atoms with E-state index in [-0.39, 0.29) is 5.91 Å². The summed E-state index contributed by atoms with van der Waals surface area (Å²) < 4.78 is 0. The molecule has 2 aromatic carbocycles. The molecule has 1 amide bonds. The minimum absolute atomic E-state index is 0.144. The molecule has 0 spiro atoms. The standard InChI is InChI=1S/C21H27N3O/c1-16-5-6-18(15-17(16)2)21(25)24-13-11-23(12-14-24)20-9-7-19(8-10-20)22(3)4/h5-10,15H,11-14H2,1-4H3. The Hall–Kier alpha value is -2.49. The first-order chi connectivity index (χ1) is 12.0. The number of anilines is 2. The van der Waals surface area contributed by atoms with E-state index in [9.17, 15) is 4.79 Å². The van der Waals surface area contributed by atoms with Gasteiger partial charge in [-0.2, -0.15) is 0 Å². The number of benzene rings is 2. The van der Waals surface area contributed by atoms with Gasteiger partial charge in [-0.15, -0.1) is 0 Å². The van der Waals surface area contributed by atoms with Crippen LogP contribution in [-0.2, 0) is 0 Å². The molecule has 0 radical (unpaired) electrons. The lowest BCUT2D eigenvalue weighted by Gasteiger charge is -2.36. The van der Waals surface area contributed by atoms with Gasteiger partial charge in [0.05, 0.1) is 0 Å².